The number of phosphoric acid groups is 2. The van der Waals surface area contributed by atoms with Crippen LogP contribution in [0.1, 0.15) is 401 Å². The average Bonchev–Trinajstić information content (AvgIpc) is 1.15. The van der Waals surface area contributed by atoms with Gasteiger partial charge in [0.15, 0.2) is 12.2 Å². The molecule has 0 heterocycles. The molecule has 0 bridgehead atoms. The molecule has 0 amide bonds. The summed E-state index contributed by atoms with van der Waals surface area (Å²) >= 11 is 0. The van der Waals surface area contributed by atoms with Crippen molar-refractivity contribution in [3.8, 4) is 0 Å². The summed E-state index contributed by atoms with van der Waals surface area (Å²) in [5.74, 6) is -1.37. The van der Waals surface area contributed by atoms with Crippen molar-refractivity contribution >= 4 is 39.5 Å². The van der Waals surface area contributed by atoms with Crippen molar-refractivity contribution in [2.75, 3.05) is 39.6 Å². The van der Waals surface area contributed by atoms with Gasteiger partial charge < -0.3 is 33.8 Å². The third-order valence-electron chi connectivity index (χ3n) is 18.2. The zero-order chi connectivity index (χ0) is 72.7. The maximum Gasteiger partial charge on any atom is 0.472 e. The minimum absolute atomic E-state index is 0.102. The van der Waals surface area contributed by atoms with E-state index in [1.54, 1.807) is 0 Å². The van der Waals surface area contributed by atoms with E-state index in [1.807, 2.05) is 0 Å². The molecule has 17 nitrogen and oxygen atoms in total. The van der Waals surface area contributed by atoms with Crippen LogP contribution in [0.2, 0.25) is 0 Å². The third-order valence-corrected chi connectivity index (χ3v) is 20.1. The molecule has 99 heavy (non-hydrogen) atoms. The molecule has 0 rings (SSSR count). The van der Waals surface area contributed by atoms with Gasteiger partial charge >= 0.3 is 39.5 Å². The maximum atomic E-state index is 13.1. The van der Waals surface area contributed by atoms with Crippen LogP contribution in [0.15, 0.2) is 24.3 Å². The van der Waals surface area contributed by atoms with Gasteiger partial charge in [-0.2, -0.15) is 0 Å². The molecule has 0 saturated heterocycles. The van der Waals surface area contributed by atoms with E-state index in [4.69, 9.17) is 37.0 Å². The lowest BCUT2D eigenvalue weighted by molar-refractivity contribution is -0.161. The fourth-order valence-corrected chi connectivity index (χ4v) is 13.4. The van der Waals surface area contributed by atoms with Crippen LogP contribution in [0.25, 0.3) is 0 Å². The Morgan fingerprint density at radius 1 is 0.313 bits per heavy atom. The number of ether oxygens (including phenoxy) is 4. The number of hydrogen-bond acceptors (Lipinski definition) is 15. The van der Waals surface area contributed by atoms with Crippen LogP contribution in [0.3, 0.4) is 0 Å². The summed E-state index contributed by atoms with van der Waals surface area (Å²) < 4.78 is 68.5. The number of carbonyl (C=O) groups is 4. The summed E-state index contributed by atoms with van der Waals surface area (Å²) in [5.41, 5.74) is 0. The molecule has 0 fully saturated rings. The Morgan fingerprint density at radius 2 is 0.545 bits per heavy atom. The zero-order valence-corrected chi connectivity index (χ0v) is 65.9. The molecule has 0 aromatic heterocycles. The van der Waals surface area contributed by atoms with Crippen molar-refractivity contribution in [1.29, 1.82) is 0 Å². The zero-order valence-electron chi connectivity index (χ0n) is 64.1. The van der Waals surface area contributed by atoms with Crippen LogP contribution >= 0.6 is 15.6 Å². The molecule has 0 aliphatic carbocycles. The standard InChI is InChI=1S/C80H152O17P2/c1-6-9-12-15-18-21-23-25-27-28-29-30-31-32-34-36-41-45-50-55-60-65-79(84)97-76(70-91-78(83)64-59-54-49-44-40-35-33-26-24-22-19-16-13-10-7-2)72-95-99(88,89)93-68-74(81)67-92-98(86,87)94-71-75(69-90-77(82)63-58-53-48-20-17-14-11-8-3)96-80(85)66-61-56-51-46-42-38-37-39-43-47-52-57-62-73(4)5/h22,24,26,33,73-76,81H,6-21,23,25,27-32,34-72H2,1-5H3,(H,86,87)(H,88,89)/b24-22-,33-26-/t74-,75+,76+/m0/s1. The van der Waals surface area contributed by atoms with Crippen molar-refractivity contribution < 1.29 is 80.2 Å². The summed E-state index contributed by atoms with van der Waals surface area (Å²) in [6.45, 7) is 7.23. The van der Waals surface area contributed by atoms with Gasteiger partial charge in [-0.25, -0.2) is 9.13 Å². The number of hydrogen-bond donors (Lipinski definition) is 3. The first-order valence-electron chi connectivity index (χ1n) is 41.0. The Bertz CT molecular complexity index is 1990. The first kappa shape index (κ1) is 96.5. The Labute approximate surface area is 605 Å². The second kappa shape index (κ2) is 72.5. The lowest BCUT2D eigenvalue weighted by Crippen LogP contribution is -2.30. The van der Waals surface area contributed by atoms with Gasteiger partial charge in [-0.3, -0.25) is 37.3 Å². The molecule has 19 heteroatoms. The first-order chi connectivity index (χ1) is 48.0. The summed E-state index contributed by atoms with van der Waals surface area (Å²) in [7, 11) is -9.92. The molecule has 584 valence electrons. The topological polar surface area (TPSA) is 237 Å². The van der Waals surface area contributed by atoms with Crippen molar-refractivity contribution in [2.45, 2.75) is 419 Å². The molecule has 0 spiro atoms. The number of rotatable bonds is 78. The van der Waals surface area contributed by atoms with Gasteiger partial charge in [-0.15, -0.1) is 0 Å². The Morgan fingerprint density at radius 3 is 0.828 bits per heavy atom. The molecular weight excluding hydrogens is 1290 g/mol. The summed E-state index contributed by atoms with van der Waals surface area (Å²) in [6.07, 6.45) is 66.2. The number of allylic oxidation sites excluding steroid dienone is 4. The minimum Gasteiger partial charge on any atom is -0.462 e. The van der Waals surface area contributed by atoms with Gasteiger partial charge in [0.1, 0.15) is 19.3 Å². The van der Waals surface area contributed by atoms with Crippen molar-refractivity contribution in [3.05, 3.63) is 24.3 Å². The predicted molar refractivity (Wildman–Crippen MR) is 404 cm³/mol. The fraction of sp³-hybridized carbons (Fsp3) is 0.900. The minimum atomic E-state index is -4.97. The molecule has 0 aliphatic heterocycles. The van der Waals surface area contributed by atoms with Gasteiger partial charge in [-0.05, 0) is 57.3 Å². The Hall–Kier alpha value is -2.46. The van der Waals surface area contributed by atoms with E-state index in [1.165, 1.54) is 199 Å². The fourth-order valence-electron chi connectivity index (χ4n) is 11.9. The van der Waals surface area contributed by atoms with Crippen LogP contribution in [0, 0.1) is 5.92 Å². The van der Waals surface area contributed by atoms with Gasteiger partial charge in [-0.1, -0.05) is 348 Å². The smallest absolute Gasteiger partial charge is 0.462 e. The van der Waals surface area contributed by atoms with Gasteiger partial charge in [0.25, 0.3) is 0 Å². The number of esters is 4. The van der Waals surface area contributed by atoms with Gasteiger partial charge in [0.05, 0.1) is 26.4 Å². The highest BCUT2D eigenvalue weighted by Crippen LogP contribution is 2.45. The Kier molecular flexibility index (Phi) is 70.7. The number of phosphoric ester groups is 2. The Balaban J connectivity index is 5.22. The summed E-state index contributed by atoms with van der Waals surface area (Å²) in [6, 6.07) is 0. The molecule has 3 N–H and O–H groups in total. The van der Waals surface area contributed by atoms with Crippen molar-refractivity contribution in [3.63, 3.8) is 0 Å². The van der Waals surface area contributed by atoms with E-state index in [0.29, 0.717) is 25.7 Å². The molecule has 2 unspecified atom stereocenters. The second-order valence-electron chi connectivity index (χ2n) is 28.6. The van der Waals surface area contributed by atoms with Gasteiger partial charge in [0, 0.05) is 25.7 Å². The van der Waals surface area contributed by atoms with Gasteiger partial charge in [0.2, 0.25) is 0 Å². The highest BCUT2D eigenvalue weighted by molar-refractivity contribution is 7.47. The molecule has 0 radical (unpaired) electrons. The number of aliphatic hydroxyl groups is 1. The van der Waals surface area contributed by atoms with E-state index in [-0.39, 0.29) is 25.7 Å². The van der Waals surface area contributed by atoms with Crippen LogP contribution in [-0.2, 0) is 65.4 Å². The molecule has 0 saturated carbocycles. The molecular formula is C80H152O17P2. The molecule has 5 atom stereocenters. The monoisotopic (exact) mass is 1450 g/mol. The van der Waals surface area contributed by atoms with Crippen LogP contribution in [-0.4, -0.2) is 96.7 Å². The van der Waals surface area contributed by atoms with Crippen LogP contribution < -0.4 is 0 Å². The van der Waals surface area contributed by atoms with Crippen molar-refractivity contribution in [1.82, 2.24) is 0 Å². The lowest BCUT2D eigenvalue weighted by atomic mass is 10.0. The highest BCUT2D eigenvalue weighted by Gasteiger charge is 2.30. The quantitative estimate of drug-likeness (QED) is 0.0169. The normalized spacial score (nSPS) is 14.0. The van der Waals surface area contributed by atoms with E-state index >= 15 is 0 Å². The maximum absolute atomic E-state index is 13.1. The predicted octanol–water partition coefficient (Wildman–Crippen LogP) is 23.6. The molecule has 0 aromatic rings. The molecule has 0 aliphatic rings. The van der Waals surface area contributed by atoms with Crippen molar-refractivity contribution in [2.24, 2.45) is 5.92 Å². The highest BCUT2D eigenvalue weighted by atomic mass is 31.2. The van der Waals surface area contributed by atoms with E-state index in [0.717, 1.165) is 121 Å². The first-order valence-corrected chi connectivity index (χ1v) is 43.9. The lowest BCUT2D eigenvalue weighted by Gasteiger charge is -2.21. The summed E-state index contributed by atoms with van der Waals surface area (Å²) in [5, 5.41) is 10.6. The average molecular weight is 1450 g/mol. The number of aliphatic hydroxyl groups excluding tert-OH is 1. The number of unbranched alkanes of at least 4 members (excludes halogenated alkanes) is 47. The van der Waals surface area contributed by atoms with Crippen LogP contribution in [0.5, 0.6) is 0 Å². The SMILES string of the molecule is CCCCCC/C=C\C=C/CCCCCCCC(=O)OC[C@H](COP(=O)(O)OC[C@@H](O)COP(=O)(O)OC[C@@H](COC(=O)CCCCCCCCCC)OC(=O)CCCCCCCCCCCCCCC(C)C)OC(=O)CCCCCCCCCCCCCCCCCCCCCCC. The molecule has 0 aromatic carbocycles. The second-order valence-corrected chi connectivity index (χ2v) is 31.5. The van der Waals surface area contributed by atoms with E-state index in [2.05, 4.69) is 58.9 Å². The largest absolute Gasteiger partial charge is 0.472 e. The summed E-state index contributed by atoms with van der Waals surface area (Å²) in [4.78, 5) is 72.8. The number of carbonyl (C=O) groups excluding carboxylic acids is 4. The van der Waals surface area contributed by atoms with E-state index < -0.39 is 97.5 Å². The van der Waals surface area contributed by atoms with Crippen LogP contribution in [0.4, 0.5) is 0 Å². The van der Waals surface area contributed by atoms with E-state index in [9.17, 15) is 43.2 Å². The third kappa shape index (κ3) is 73.6.